The normalized spacial score (nSPS) is 33.4. The molecule has 1 aromatic carbocycles. The van der Waals surface area contributed by atoms with Crippen LogP contribution in [-0.4, -0.2) is 18.0 Å². The van der Waals surface area contributed by atoms with Crippen LogP contribution in [0.4, 0.5) is 0 Å². The quantitative estimate of drug-likeness (QED) is 0.637. The lowest BCUT2D eigenvalue weighted by Crippen LogP contribution is -2.28. The summed E-state index contributed by atoms with van der Waals surface area (Å²) < 4.78 is 5.47. The molecule has 0 radical (unpaired) electrons. The van der Waals surface area contributed by atoms with Crippen molar-refractivity contribution < 1.29 is 9.53 Å². The van der Waals surface area contributed by atoms with Crippen molar-refractivity contribution in [3.8, 4) is 0 Å². The van der Waals surface area contributed by atoms with E-state index in [0.29, 0.717) is 0 Å². The highest BCUT2D eigenvalue weighted by Crippen LogP contribution is 2.45. The number of epoxide rings is 1. The molecule has 92 valence electrons. The summed E-state index contributed by atoms with van der Waals surface area (Å²) in [6.45, 7) is 0. The van der Waals surface area contributed by atoms with Crippen LogP contribution in [0.2, 0.25) is 0 Å². The first kappa shape index (κ1) is 9.93. The fourth-order valence-electron chi connectivity index (χ4n) is 3.63. The van der Waals surface area contributed by atoms with Gasteiger partial charge in [-0.15, -0.1) is 0 Å². The Morgan fingerprint density at radius 2 is 2.05 bits per heavy atom. The summed E-state index contributed by atoms with van der Waals surface area (Å²) in [5.41, 5.74) is 3.31. The van der Waals surface area contributed by atoms with E-state index in [2.05, 4.69) is 36.4 Å². The van der Waals surface area contributed by atoms with Crippen LogP contribution in [0.15, 0.2) is 47.6 Å². The third kappa shape index (κ3) is 1.17. The number of fused-ring (bicyclic) bond motifs is 4. The number of ether oxygens (including phenoxy) is 1. The summed E-state index contributed by atoms with van der Waals surface area (Å²) in [5.74, 6) is 0.461. The van der Waals surface area contributed by atoms with Crippen molar-refractivity contribution in [1.29, 1.82) is 0 Å². The summed E-state index contributed by atoms with van der Waals surface area (Å²) in [7, 11) is 0. The molecule has 5 rings (SSSR count). The van der Waals surface area contributed by atoms with Crippen molar-refractivity contribution in [3.63, 3.8) is 0 Å². The predicted molar refractivity (Wildman–Crippen MR) is 71.5 cm³/mol. The first-order valence-electron chi connectivity index (χ1n) is 6.76. The van der Waals surface area contributed by atoms with E-state index < -0.39 is 0 Å². The van der Waals surface area contributed by atoms with Crippen LogP contribution in [0.1, 0.15) is 6.42 Å². The second-order valence-corrected chi connectivity index (χ2v) is 5.63. The van der Waals surface area contributed by atoms with Crippen molar-refractivity contribution in [2.24, 2.45) is 5.92 Å². The molecular weight excluding hydrogens is 236 g/mol. The summed E-state index contributed by atoms with van der Waals surface area (Å²) in [6, 6.07) is 8.34. The largest absolute Gasteiger partial charge is 0.361 e. The van der Waals surface area contributed by atoms with Gasteiger partial charge in [0.2, 0.25) is 0 Å². The highest BCUT2D eigenvalue weighted by atomic mass is 16.6. The Morgan fingerprint density at radius 1 is 1.16 bits per heavy atom. The van der Waals surface area contributed by atoms with Gasteiger partial charge in [0, 0.05) is 11.5 Å². The van der Waals surface area contributed by atoms with Crippen molar-refractivity contribution in [1.82, 2.24) is 0 Å². The minimum atomic E-state index is -0.149. The molecule has 2 heteroatoms. The van der Waals surface area contributed by atoms with E-state index in [0.717, 1.165) is 17.6 Å². The Bertz CT molecular complexity index is 810. The maximum absolute atomic E-state index is 12.4. The second kappa shape index (κ2) is 3.14. The number of rotatable bonds is 0. The van der Waals surface area contributed by atoms with Gasteiger partial charge in [-0.1, -0.05) is 36.4 Å². The Labute approximate surface area is 110 Å². The molecule has 3 atom stereocenters. The van der Waals surface area contributed by atoms with Crippen molar-refractivity contribution in [3.05, 3.63) is 58.0 Å². The molecule has 1 heterocycles. The van der Waals surface area contributed by atoms with Gasteiger partial charge in [-0.05, 0) is 34.1 Å². The number of ketones is 1. The van der Waals surface area contributed by atoms with Gasteiger partial charge in [-0.25, -0.2) is 0 Å². The Balaban J connectivity index is 1.84. The van der Waals surface area contributed by atoms with E-state index in [1.807, 2.05) is 6.07 Å². The summed E-state index contributed by atoms with van der Waals surface area (Å²) in [4.78, 5) is 12.4. The average molecular weight is 248 g/mol. The molecule has 1 aliphatic heterocycles. The number of Topliss-reactive ketones (excluding diaryl/α,β-unsaturated/α-hetero) is 1. The van der Waals surface area contributed by atoms with Crippen molar-refractivity contribution in [2.45, 2.75) is 18.6 Å². The molecule has 3 aliphatic carbocycles. The molecule has 1 saturated heterocycles. The summed E-state index contributed by atoms with van der Waals surface area (Å²) in [5, 5.41) is 2.46. The van der Waals surface area contributed by atoms with Gasteiger partial charge in [0.05, 0.1) is 6.10 Å². The van der Waals surface area contributed by atoms with E-state index >= 15 is 0 Å². The number of allylic oxidation sites excluding steroid dienone is 3. The highest BCUT2D eigenvalue weighted by molar-refractivity contribution is 6.09. The zero-order valence-electron chi connectivity index (χ0n) is 10.3. The molecule has 3 unspecified atom stereocenters. The summed E-state index contributed by atoms with van der Waals surface area (Å²) >= 11 is 0. The minimum Gasteiger partial charge on any atom is -0.361 e. The van der Waals surface area contributed by atoms with E-state index in [1.54, 1.807) is 0 Å². The zero-order valence-corrected chi connectivity index (χ0v) is 10.3. The van der Waals surface area contributed by atoms with Gasteiger partial charge in [-0.3, -0.25) is 4.79 Å². The molecule has 19 heavy (non-hydrogen) atoms. The first-order valence-corrected chi connectivity index (χ1v) is 6.76. The van der Waals surface area contributed by atoms with Crippen LogP contribution in [0.5, 0.6) is 0 Å². The van der Waals surface area contributed by atoms with E-state index in [9.17, 15) is 4.79 Å². The number of carbonyl (C=O) groups excluding carboxylic acids is 1. The highest BCUT2D eigenvalue weighted by Gasteiger charge is 2.53. The Hall–Kier alpha value is -1.93. The van der Waals surface area contributed by atoms with Gasteiger partial charge in [0.1, 0.15) is 6.10 Å². The molecule has 1 aromatic rings. The molecule has 2 nitrogen and oxygen atoms in total. The van der Waals surface area contributed by atoms with E-state index in [1.165, 1.54) is 16.0 Å². The van der Waals surface area contributed by atoms with Crippen LogP contribution in [-0.2, 0) is 9.53 Å². The maximum atomic E-state index is 12.4. The molecule has 0 amide bonds. The van der Waals surface area contributed by atoms with Gasteiger partial charge in [-0.2, -0.15) is 0 Å². The molecule has 1 saturated carbocycles. The lowest BCUT2D eigenvalue weighted by Gasteiger charge is -2.24. The predicted octanol–water partition coefficient (Wildman–Crippen LogP) is 0.854. The monoisotopic (exact) mass is 248 g/mol. The molecule has 0 bridgehead atoms. The number of carbonyl (C=O) groups is 1. The molecule has 2 fully saturated rings. The minimum absolute atomic E-state index is 0.149. The standard InChI is InChI=1S/C17H12O2/c18-16-15-10(8-14-17(16)19-14)5-6-12-11-4-2-1-3-9(11)7-13(12)15/h1-7,10,14,17H,8H2. The van der Waals surface area contributed by atoms with E-state index in [-0.39, 0.29) is 23.9 Å². The number of benzene rings is 1. The molecule has 0 spiro atoms. The number of hydrogen-bond donors (Lipinski definition) is 0. The van der Waals surface area contributed by atoms with Crippen molar-refractivity contribution >= 4 is 17.4 Å². The molecule has 0 aromatic heterocycles. The fraction of sp³-hybridized carbons (Fsp3) is 0.235. The van der Waals surface area contributed by atoms with Crippen LogP contribution in [0.3, 0.4) is 0 Å². The van der Waals surface area contributed by atoms with Crippen LogP contribution < -0.4 is 10.4 Å². The number of hydrogen-bond acceptors (Lipinski definition) is 2. The molecule has 0 N–H and O–H groups in total. The van der Waals surface area contributed by atoms with Gasteiger partial charge < -0.3 is 4.74 Å². The SMILES string of the molecule is O=C1C2=C3C=c4ccccc4=C3C=CC2CC2OC12. The Kier molecular flexibility index (Phi) is 1.64. The smallest absolute Gasteiger partial charge is 0.191 e. The third-order valence-electron chi connectivity index (χ3n) is 4.59. The first-order chi connectivity index (χ1) is 9.33. The lowest BCUT2D eigenvalue weighted by molar-refractivity contribution is -0.117. The molecule has 4 aliphatic rings. The lowest BCUT2D eigenvalue weighted by atomic mass is 9.76. The van der Waals surface area contributed by atoms with Gasteiger partial charge in [0.25, 0.3) is 0 Å². The van der Waals surface area contributed by atoms with Gasteiger partial charge in [0.15, 0.2) is 5.78 Å². The third-order valence-corrected chi connectivity index (χ3v) is 4.59. The van der Waals surface area contributed by atoms with Gasteiger partial charge >= 0.3 is 0 Å². The fourth-order valence-corrected chi connectivity index (χ4v) is 3.63. The molecular formula is C17H12O2. The average Bonchev–Trinajstić information content (AvgIpc) is 3.11. The van der Waals surface area contributed by atoms with Crippen LogP contribution in [0.25, 0.3) is 11.6 Å². The van der Waals surface area contributed by atoms with E-state index in [4.69, 9.17) is 4.74 Å². The topological polar surface area (TPSA) is 29.6 Å². The van der Waals surface area contributed by atoms with Crippen LogP contribution >= 0.6 is 0 Å². The van der Waals surface area contributed by atoms with Crippen molar-refractivity contribution in [2.75, 3.05) is 0 Å². The van der Waals surface area contributed by atoms with Crippen LogP contribution in [0, 0.1) is 5.92 Å². The Morgan fingerprint density at radius 3 is 3.00 bits per heavy atom. The summed E-state index contributed by atoms with van der Waals surface area (Å²) in [6.07, 6.45) is 7.52. The zero-order chi connectivity index (χ0) is 12.6. The second-order valence-electron chi connectivity index (χ2n) is 5.63. The maximum Gasteiger partial charge on any atom is 0.191 e.